The number of amides is 1. The van der Waals surface area contributed by atoms with E-state index in [4.69, 9.17) is 20.8 Å². The molecule has 0 spiro atoms. The van der Waals surface area contributed by atoms with Gasteiger partial charge in [0, 0.05) is 11.8 Å². The van der Waals surface area contributed by atoms with Gasteiger partial charge in [-0.1, -0.05) is 41.9 Å². The van der Waals surface area contributed by atoms with Crippen LogP contribution in [0.2, 0.25) is 5.15 Å². The summed E-state index contributed by atoms with van der Waals surface area (Å²) in [5.41, 5.74) is -0.0594. The Bertz CT molecular complexity index is 1430. The molecule has 0 aliphatic rings. The highest BCUT2D eigenvalue weighted by molar-refractivity contribution is 6.32. The van der Waals surface area contributed by atoms with Crippen molar-refractivity contribution >= 4 is 23.5 Å². The van der Waals surface area contributed by atoms with Crippen LogP contribution in [0, 0.1) is 0 Å². The molecule has 0 saturated heterocycles. The molecule has 1 unspecified atom stereocenters. The van der Waals surface area contributed by atoms with Crippen LogP contribution in [0.5, 0.6) is 0 Å². The number of pyridine rings is 1. The Morgan fingerprint density at radius 3 is 2.39 bits per heavy atom. The van der Waals surface area contributed by atoms with Gasteiger partial charge in [-0.2, -0.15) is 13.2 Å². The molecular weight excluding hydrogens is 527 g/mol. The second-order valence-corrected chi connectivity index (χ2v) is 8.34. The second kappa shape index (κ2) is 11.4. The number of alkyl halides is 3. The van der Waals surface area contributed by atoms with Gasteiger partial charge in [-0.25, -0.2) is 14.8 Å². The average Bonchev–Trinajstić information content (AvgIpc) is 3.34. The van der Waals surface area contributed by atoms with Crippen molar-refractivity contribution in [2.45, 2.75) is 18.8 Å². The number of rotatable bonds is 9. The zero-order valence-corrected chi connectivity index (χ0v) is 20.2. The second-order valence-electron chi connectivity index (χ2n) is 7.98. The van der Waals surface area contributed by atoms with E-state index in [1.165, 1.54) is 18.3 Å². The number of nitrogens with zero attached hydrogens (tertiary/aromatic N) is 2. The highest BCUT2D eigenvalue weighted by atomic mass is 35.5. The van der Waals surface area contributed by atoms with Gasteiger partial charge >= 0.3 is 12.1 Å². The van der Waals surface area contributed by atoms with Crippen LogP contribution in [0.25, 0.3) is 22.8 Å². The molecule has 2 aromatic carbocycles. The highest BCUT2D eigenvalue weighted by Gasteiger charge is 2.31. The smallest absolute Gasteiger partial charge is 0.416 e. The molecule has 0 aliphatic carbocycles. The molecule has 4 rings (SSSR count). The number of oxazole rings is 1. The molecule has 1 amide bonds. The Kier molecular flexibility index (Phi) is 8.08. The summed E-state index contributed by atoms with van der Waals surface area (Å²) >= 11 is 6.17. The maximum Gasteiger partial charge on any atom is 0.416 e. The Hall–Kier alpha value is -4.22. The lowest BCUT2D eigenvalue weighted by Gasteiger charge is -2.14. The van der Waals surface area contributed by atoms with E-state index < -0.39 is 29.7 Å². The van der Waals surface area contributed by atoms with Gasteiger partial charge < -0.3 is 19.6 Å². The Labute approximate surface area is 219 Å². The molecule has 4 aromatic rings. The minimum Gasteiger partial charge on any atom is -0.480 e. The van der Waals surface area contributed by atoms with E-state index in [2.05, 4.69) is 15.3 Å². The summed E-state index contributed by atoms with van der Waals surface area (Å²) in [6.45, 7) is -0.221. The van der Waals surface area contributed by atoms with Gasteiger partial charge in [0.15, 0.2) is 17.5 Å². The third-order valence-electron chi connectivity index (χ3n) is 5.30. The van der Waals surface area contributed by atoms with Gasteiger partial charge in [0.25, 0.3) is 5.91 Å². The van der Waals surface area contributed by atoms with E-state index in [-0.39, 0.29) is 46.8 Å². The fourth-order valence-electron chi connectivity index (χ4n) is 3.41. The lowest BCUT2D eigenvalue weighted by Crippen LogP contribution is -2.44. The first-order valence-corrected chi connectivity index (χ1v) is 11.5. The van der Waals surface area contributed by atoms with Gasteiger partial charge in [0.05, 0.1) is 24.3 Å². The molecule has 0 fully saturated rings. The fraction of sp³-hybridized carbons (Fsp3) is 0.154. The molecule has 1 atom stereocenters. The van der Waals surface area contributed by atoms with Crippen LogP contribution in [-0.2, 0) is 22.3 Å². The molecule has 0 radical (unpaired) electrons. The first-order chi connectivity index (χ1) is 18.1. The van der Waals surface area contributed by atoms with E-state index in [9.17, 15) is 27.9 Å². The quantitative estimate of drug-likeness (QED) is 0.268. The zero-order valence-electron chi connectivity index (χ0n) is 19.4. The van der Waals surface area contributed by atoms with Crippen molar-refractivity contribution in [3.8, 4) is 22.8 Å². The van der Waals surface area contributed by atoms with Gasteiger partial charge in [-0.05, 0) is 42.0 Å². The maximum absolute atomic E-state index is 13.2. The van der Waals surface area contributed by atoms with Gasteiger partial charge in [-0.15, -0.1) is 0 Å². The minimum atomic E-state index is -4.54. The number of halogens is 4. The van der Waals surface area contributed by atoms with Crippen molar-refractivity contribution < 1.29 is 37.0 Å². The first-order valence-electron chi connectivity index (χ1n) is 11.1. The monoisotopic (exact) mass is 545 g/mol. The van der Waals surface area contributed by atoms with Crippen molar-refractivity contribution in [2.24, 2.45) is 0 Å². The van der Waals surface area contributed by atoms with Crippen LogP contribution in [0.4, 0.5) is 13.2 Å². The van der Waals surface area contributed by atoms with Gasteiger partial charge in [0.1, 0.15) is 5.15 Å². The normalized spacial score (nSPS) is 12.2. The molecule has 0 saturated carbocycles. The van der Waals surface area contributed by atoms with E-state index in [1.807, 2.05) is 6.07 Å². The Morgan fingerprint density at radius 2 is 1.76 bits per heavy atom. The maximum atomic E-state index is 13.2. The minimum absolute atomic E-state index is 0.0300. The average molecular weight is 546 g/mol. The lowest BCUT2D eigenvalue weighted by molar-refractivity contribution is -0.141. The van der Waals surface area contributed by atoms with Gasteiger partial charge in [-0.3, -0.25) is 4.79 Å². The molecule has 38 heavy (non-hydrogen) atoms. The predicted octanol–water partition coefficient (Wildman–Crippen LogP) is 5.48. The van der Waals surface area contributed by atoms with Crippen LogP contribution < -0.4 is 5.32 Å². The molecule has 0 bridgehead atoms. The number of hydrogen-bond acceptors (Lipinski definition) is 6. The summed E-state index contributed by atoms with van der Waals surface area (Å²) < 4.78 is 50.1. The molecule has 8 nitrogen and oxygen atoms in total. The van der Waals surface area contributed by atoms with E-state index in [1.54, 1.807) is 24.3 Å². The SMILES string of the molecule is O=C(NC(COCc1ccccc1)C(=O)O)c1nc(-c2ccc(C(F)(F)F)cc2)oc1-c1cccnc1Cl. The number of aliphatic carboxylic acids is 1. The van der Waals surface area contributed by atoms with Crippen molar-refractivity contribution in [2.75, 3.05) is 6.61 Å². The summed E-state index contributed by atoms with van der Waals surface area (Å²) in [5.74, 6) is -2.58. The highest BCUT2D eigenvalue weighted by Crippen LogP contribution is 2.35. The molecule has 2 heterocycles. The van der Waals surface area contributed by atoms with Crippen LogP contribution in [0.15, 0.2) is 77.3 Å². The van der Waals surface area contributed by atoms with E-state index in [0.717, 1.165) is 29.8 Å². The van der Waals surface area contributed by atoms with Crippen molar-refractivity contribution in [1.82, 2.24) is 15.3 Å². The summed E-state index contributed by atoms with van der Waals surface area (Å²) in [4.78, 5) is 33.1. The predicted molar refractivity (Wildman–Crippen MR) is 130 cm³/mol. The third-order valence-corrected chi connectivity index (χ3v) is 5.61. The van der Waals surface area contributed by atoms with Crippen molar-refractivity contribution in [3.63, 3.8) is 0 Å². The number of hydrogen-bond donors (Lipinski definition) is 2. The lowest BCUT2D eigenvalue weighted by atomic mass is 10.1. The first kappa shape index (κ1) is 26.8. The molecule has 0 aliphatic heterocycles. The molecule has 196 valence electrons. The summed E-state index contributed by atoms with van der Waals surface area (Å²) in [5, 5.41) is 11.9. The number of carboxylic acids is 1. The van der Waals surface area contributed by atoms with Crippen molar-refractivity contribution in [3.05, 3.63) is 94.9 Å². The number of nitrogens with one attached hydrogen (secondary N) is 1. The summed E-state index contributed by atoms with van der Waals surface area (Å²) in [7, 11) is 0. The van der Waals surface area contributed by atoms with E-state index in [0.29, 0.717) is 0 Å². The number of ether oxygens (including phenoxy) is 1. The number of aromatic nitrogens is 2. The summed E-state index contributed by atoms with van der Waals surface area (Å²) in [6.07, 6.45) is -3.13. The zero-order chi connectivity index (χ0) is 27.3. The molecule has 12 heteroatoms. The number of carbonyl (C=O) groups is 2. The standard InChI is InChI=1S/C26H19ClF3N3O5/c27-22-18(7-4-12-31-22)21-20(33-24(38-21)16-8-10-17(11-9-16)26(28,29)30)23(34)32-19(25(35)36)14-37-13-15-5-2-1-3-6-15/h1-12,19H,13-14H2,(H,32,34)(H,35,36). The number of carboxylic acid groups (broad SMARTS) is 1. The fourth-order valence-corrected chi connectivity index (χ4v) is 3.61. The van der Waals surface area contributed by atoms with Crippen molar-refractivity contribution in [1.29, 1.82) is 0 Å². The number of benzene rings is 2. The van der Waals surface area contributed by atoms with Crippen LogP contribution in [0.1, 0.15) is 21.6 Å². The van der Waals surface area contributed by atoms with Crippen LogP contribution in [0.3, 0.4) is 0 Å². The topological polar surface area (TPSA) is 115 Å². The van der Waals surface area contributed by atoms with Gasteiger partial charge in [0.2, 0.25) is 5.89 Å². The van der Waals surface area contributed by atoms with E-state index >= 15 is 0 Å². The van der Waals surface area contributed by atoms with Crippen LogP contribution in [-0.4, -0.2) is 39.6 Å². The molecular formula is C26H19ClF3N3O5. The third kappa shape index (κ3) is 6.36. The largest absolute Gasteiger partial charge is 0.480 e. The van der Waals surface area contributed by atoms with Crippen LogP contribution >= 0.6 is 11.6 Å². The number of carbonyl (C=O) groups excluding carboxylic acids is 1. The summed E-state index contributed by atoms with van der Waals surface area (Å²) in [6, 6.07) is 14.6. The Morgan fingerprint density at radius 1 is 1.05 bits per heavy atom. The Balaban J connectivity index is 1.61. The molecule has 2 aromatic heterocycles. The molecule has 2 N–H and O–H groups in total.